The lowest BCUT2D eigenvalue weighted by molar-refractivity contribution is 0.586. The molecule has 114 valence electrons. The van der Waals surface area contributed by atoms with Crippen LogP contribution >= 0.6 is 27.5 Å². The Balaban J connectivity index is 2.50. The highest BCUT2D eigenvalue weighted by Crippen LogP contribution is 2.29. The monoisotopic (exact) mass is 391 g/mol. The van der Waals surface area contributed by atoms with Gasteiger partial charge in [0, 0.05) is 11.0 Å². The molecule has 0 unspecified atom stereocenters. The zero-order chi connectivity index (χ0) is 15.8. The van der Waals surface area contributed by atoms with Crippen molar-refractivity contribution in [2.45, 2.75) is 31.0 Å². The first-order valence-corrected chi connectivity index (χ1v) is 9.08. The van der Waals surface area contributed by atoms with E-state index in [1.54, 1.807) is 23.7 Å². The van der Waals surface area contributed by atoms with Gasteiger partial charge in [0.15, 0.2) is 9.84 Å². The number of nitrogens with two attached hydrogens (primary N) is 1. The van der Waals surface area contributed by atoms with Gasteiger partial charge in [-0.1, -0.05) is 27.5 Å². The highest BCUT2D eigenvalue weighted by molar-refractivity contribution is 9.10. The van der Waals surface area contributed by atoms with Gasteiger partial charge in [0.1, 0.15) is 0 Å². The van der Waals surface area contributed by atoms with Crippen molar-refractivity contribution in [3.8, 4) is 0 Å². The van der Waals surface area contributed by atoms with Crippen molar-refractivity contribution in [2.24, 2.45) is 0 Å². The number of rotatable bonds is 4. The number of hydrogen-bond acceptors (Lipinski definition) is 4. The predicted molar refractivity (Wildman–Crippen MR) is 87.1 cm³/mol. The Morgan fingerprint density at radius 3 is 2.71 bits per heavy atom. The van der Waals surface area contributed by atoms with Crippen molar-refractivity contribution >= 4 is 43.1 Å². The first-order valence-electron chi connectivity index (χ1n) is 6.25. The van der Waals surface area contributed by atoms with Gasteiger partial charge in [0.2, 0.25) is 0 Å². The van der Waals surface area contributed by atoms with Crippen LogP contribution in [0.15, 0.2) is 27.6 Å². The van der Waals surface area contributed by atoms with Crippen LogP contribution in [0, 0.1) is 6.92 Å². The molecule has 0 atom stereocenters. The first kappa shape index (κ1) is 16.3. The molecule has 8 heteroatoms. The lowest BCUT2D eigenvalue weighted by Crippen LogP contribution is -2.12. The van der Waals surface area contributed by atoms with Gasteiger partial charge in [-0.05, 0) is 32.0 Å². The molecule has 0 bridgehead atoms. The maximum Gasteiger partial charge on any atom is 0.186 e. The summed E-state index contributed by atoms with van der Waals surface area (Å²) in [6, 6.07) is 4.75. The molecule has 0 radical (unpaired) electrons. The van der Waals surface area contributed by atoms with Crippen LogP contribution in [0.5, 0.6) is 0 Å². The minimum absolute atomic E-state index is 0.0921. The summed E-state index contributed by atoms with van der Waals surface area (Å²) < 4.78 is 27.5. The van der Waals surface area contributed by atoms with Crippen molar-refractivity contribution in [3.05, 3.63) is 39.1 Å². The Morgan fingerprint density at radius 2 is 2.10 bits per heavy atom. The third-order valence-corrected chi connectivity index (χ3v) is 5.75. The number of sulfone groups is 1. The summed E-state index contributed by atoms with van der Waals surface area (Å²) >= 11 is 9.43. The van der Waals surface area contributed by atoms with Crippen LogP contribution in [0.25, 0.3) is 0 Å². The van der Waals surface area contributed by atoms with E-state index in [-0.39, 0.29) is 16.3 Å². The molecule has 2 aromatic rings. The van der Waals surface area contributed by atoms with Crippen molar-refractivity contribution in [3.63, 3.8) is 0 Å². The van der Waals surface area contributed by atoms with Crippen molar-refractivity contribution in [1.82, 2.24) is 9.78 Å². The van der Waals surface area contributed by atoms with Crippen LogP contribution in [0.4, 0.5) is 5.69 Å². The summed E-state index contributed by atoms with van der Waals surface area (Å²) in [4.78, 5) is 0.0921. The molecular formula is C13H15BrClN3O2S. The zero-order valence-electron chi connectivity index (χ0n) is 11.6. The van der Waals surface area contributed by atoms with Gasteiger partial charge >= 0.3 is 0 Å². The normalized spacial score (nSPS) is 11.8. The summed E-state index contributed by atoms with van der Waals surface area (Å²) in [5, 5.41) is 4.61. The van der Waals surface area contributed by atoms with Crippen LogP contribution in [-0.2, 0) is 22.1 Å². The topological polar surface area (TPSA) is 78.0 Å². The number of aryl methyl sites for hydroxylation is 2. The van der Waals surface area contributed by atoms with Crippen molar-refractivity contribution in [1.29, 1.82) is 0 Å². The summed E-state index contributed by atoms with van der Waals surface area (Å²) in [5.41, 5.74) is 7.10. The maximum absolute atomic E-state index is 12.6. The highest BCUT2D eigenvalue weighted by atomic mass is 79.9. The van der Waals surface area contributed by atoms with Crippen LogP contribution in [0.1, 0.15) is 18.3 Å². The number of halogens is 2. The Morgan fingerprint density at radius 1 is 1.43 bits per heavy atom. The molecule has 1 aromatic carbocycles. The molecule has 0 fully saturated rings. The van der Waals surface area contributed by atoms with Crippen molar-refractivity contribution in [2.75, 3.05) is 5.73 Å². The molecule has 0 spiro atoms. The van der Waals surface area contributed by atoms with Crippen LogP contribution < -0.4 is 5.73 Å². The highest BCUT2D eigenvalue weighted by Gasteiger charge is 2.24. The molecular weight excluding hydrogens is 378 g/mol. The standard InChI is InChI=1S/C13H15BrClN3O2S/c1-3-18-11(13(15)8(2)17-18)7-21(19,20)12-6-9(14)4-5-10(12)16/h4-6H,3,7,16H2,1-2H3. The van der Waals surface area contributed by atoms with E-state index in [4.69, 9.17) is 17.3 Å². The molecule has 0 aliphatic heterocycles. The summed E-state index contributed by atoms with van der Waals surface area (Å²) in [5.74, 6) is -0.235. The minimum Gasteiger partial charge on any atom is -0.398 e. The summed E-state index contributed by atoms with van der Waals surface area (Å²) in [6.45, 7) is 4.18. The molecule has 0 saturated carbocycles. The molecule has 2 N–H and O–H groups in total. The van der Waals surface area contributed by atoms with Crippen LogP contribution in [0.3, 0.4) is 0 Å². The van der Waals surface area contributed by atoms with E-state index in [1.165, 1.54) is 6.07 Å². The summed E-state index contributed by atoms with van der Waals surface area (Å²) in [7, 11) is -3.61. The molecule has 0 aliphatic rings. The number of aromatic nitrogens is 2. The van der Waals surface area contributed by atoms with Gasteiger partial charge in [0.05, 0.1) is 32.7 Å². The molecule has 1 heterocycles. The van der Waals surface area contributed by atoms with Crippen LogP contribution in [0.2, 0.25) is 5.02 Å². The lowest BCUT2D eigenvalue weighted by atomic mass is 10.3. The fourth-order valence-electron chi connectivity index (χ4n) is 2.04. The van der Waals surface area contributed by atoms with Gasteiger partial charge < -0.3 is 5.73 Å². The number of anilines is 1. The number of benzene rings is 1. The Hall–Kier alpha value is -1.05. The van der Waals surface area contributed by atoms with Gasteiger partial charge in [-0.2, -0.15) is 5.10 Å². The average Bonchev–Trinajstić information content (AvgIpc) is 2.68. The first-order chi connectivity index (χ1) is 9.76. The van der Waals surface area contributed by atoms with Crippen molar-refractivity contribution < 1.29 is 8.42 Å². The van der Waals surface area contributed by atoms with E-state index >= 15 is 0 Å². The van der Waals surface area contributed by atoms with Gasteiger partial charge in [-0.3, -0.25) is 4.68 Å². The quantitative estimate of drug-likeness (QED) is 0.811. The maximum atomic E-state index is 12.6. The minimum atomic E-state index is -3.61. The van der Waals surface area contributed by atoms with E-state index < -0.39 is 9.84 Å². The third-order valence-electron chi connectivity index (χ3n) is 3.09. The number of nitrogen functional groups attached to an aromatic ring is 1. The molecule has 21 heavy (non-hydrogen) atoms. The second-order valence-corrected chi connectivity index (χ2v) is 7.85. The molecule has 2 rings (SSSR count). The smallest absolute Gasteiger partial charge is 0.186 e. The number of hydrogen-bond donors (Lipinski definition) is 1. The average molecular weight is 393 g/mol. The molecule has 0 saturated heterocycles. The molecule has 0 aliphatic carbocycles. The van der Waals surface area contributed by atoms with E-state index in [0.717, 1.165) is 0 Å². The second-order valence-electron chi connectivity index (χ2n) is 4.60. The predicted octanol–water partition coefficient (Wildman–Crippen LogP) is 3.18. The Bertz CT molecular complexity index is 787. The van der Waals surface area contributed by atoms with E-state index in [1.807, 2.05) is 6.92 Å². The molecule has 0 amide bonds. The van der Waals surface area contributed by atoms with E-state index in [2.05, 4.69) is 21.0 Å². The summed E-state index contributed by atoms with van der Waals surface area (Å²) in [6.07, 6.45) is 0. The largest absolute Gasteiger partial charge is 0.398 e. The molecule has 1 aromatic heterocycles. The fourth-order valence-corrected chi connectivity index (χ4v) is 4.38. The SMILES string of the molecule is CCn1nc(C)c(Cl)c1CS(=O)(=O)c1cc(Br)ccc1N. The Labute approximate surface area is 137 Å². The second kappa shape index (κ2) is 5.98. The zero-order valence-corrected chi connectivity index (χ0v) is 14.8. The van der Waals surface area contributed by atoms with Gasteiger partial charge in [-0.15, -0.1) is 0 Å². The third kappa shape index (κ3) is 3.25. The van der Waals surface area contributed by atoms with Crippen LogP contribution in [-0.4, -0.2) is 18.2 Å². The van der Waals surface area contributed by atoms with Gasteiger partial charge in [0.25, 0.3) is 0 Å². The lowest BCUT2D eigenvalue weighted by Gasteiger charge is -2.09. The van der Waals surface area contributed by atoms with E-state index in [9.17, 15) is 8.42 Å². The van der Waals surface area contributed by atoms with E-state index in [0.29, 0.717) is 27.4 Å². The number of nitrogens with zero attached hydrogens (tertiary/aromatic N) is 2. The Kier molecular flexibility index (Phi) is 4.65. The fraction of sp³-hybridized carbons (Fsp3) is 0.308. The van der Waals surface area contributed by atoms with Gasteiger partial charge in [-0.25, -0.2) is 8.42 Å². The molecule has 5 nitrogen and oxygen atoms in total.